The van der Waals surface area contributed by atoms with E-state index in [9.17, 15) is 26.4 Å². The van der Waals surface area contributed by atoms with Crippen LogP contribution < -0.4 is 9.62 Å². The number of hydrogen-bond donors (Lipinski definition) is 1. The maximum Gasteiger partial charge on any atom is 0.416 e. The molecule has 1 saturated carbocycles. The summed E-state index contributed by atoms with van der Waals surface area (Å²) in [7, 11) is -4.19. The first-order valence-corrected chi connectivity index (χ1v) is 11.6. The van der Waals surface area contributed by atoms with Crippen LogP contribution in [-0.2, 0) is 27.4 Å². The molecule has 1 aliphatic carbocycles. The molecule has 2 aliphatic rings. The molecule has 1 amide bonds. The second-order valence-corrected chi connectivity index (χ2v) is 10.0. The van der Waals surface area contributed by atoms with Gasteiger partial charge < -0.3 is 4.90 Å². The molecule has 1 heterocycles. The highest BCUT2D eigenvalue weighted by Crippen LogP contribution is 2.39. The zero-order valence-electron chi connectivity index (χ0n) is 15.7. The fourth-order valence-corrected chi connectivity index (χ4v) is 5.66. The summed E-state index contributed by atoms with van der Waals surface area (Å²) in [6.45, 7) is 0.484. The minimum absolute atomic E-state index is 0.0345. The third-order valence-electron chi connectivity index (χ3n) is 5.22. The Morgan fingerprint density at radius 1 is 1.20 bits per heavy atom. The van der Waals surface area contributed by atoms with Crippen molar-refractivity contribution in [1.29, 1.82) is 0 Å². The van der Waals surface area contributed by atoms with Crippen LogP contribution in [0.3, 0.4) is 0 Å². The molecule has 5 nitrogen and oxygen atoms in total. The molecule has 2 aromatic rings. The number of hydrogen-bond acceptors (Lipinski definition) is 3. The van der Waals surface area contributed by atoms with E-state index >= 15 is 0 Å². The molecule has 10 heteroatoms. The highest BCUT2D eigenvalue weighted by molar-refractivity contribution is 9.10. The van der Waals surface area contributed by atoms with Gasteiger partial charge in [-0.3, -0.25) is 9.52 Å². The molecule has 30 heavy (non-hydrogen) atoms. The van der Waals surface area contributed by atoms with Crippen molar-refractivity contribution >= 4 is 43.2 Å². The van der Waals surface area contributed by atoms with Crippen LogP contribution in [0.1, 0.15) is 30.4 Å². The summed E-state index contributed by atoms with van der Waals surface area (Å²) in [4.78, 5) is 14.0. The predicted octanol–water partition coefficient (Wildman–Crippen LogP) is 4.96. The number of nitrogens with one attached hydrogen (secondary N) is 1. The number of amides is 1. The summed E-state index contributed by atoms with van der Waals surface area (Å²) in [5.74, 6) is 0.371. The van der Waals surface area contributed by atoms with Gasteiger partial charge in [-0.05, 0) is 77.0 Å². The lowest BCUT2D eigenvalue weighted by Gasteiger charge is -2.19. The summed E-state index contributed by atoms with van der Waals surface area (Å²) in [6.07, 6.45) is -1.45. The van der Waals surface area contributed by atoms with Gasteiger partial charge in [0.25, 0.3) is 10.0 Å². The number of carbonyl (C=O) groups is 1. The molecule has 4 rings (SSSR count). The molecule has 1 N–H and O–H groups in total. The molecular weight excluding hydrogens is 485 g/mol. The van der Waals surface area contributed by atoms with Gasteiger partial charge in [0, 0.05) is 28.8 Å². The maximum atomic E-state index is 12.9. The van der Waals surface area contributed by atoms with Crippen molar-refractivity contribution < 1.29 is 26.4 Å². The summed E-state index contributed by atoms with van der Waals surface area (Å²) in [5.41, 5.74) is 0.240. The van der Waals surface area contributed by atoms with Crippen molar-refractivity contribution in [2.24, 2.45) is 5.92 Å². The molecule has 0 spiro atoms. The van der Waals surface area contributed by atoms with E-state index in [4.69, 9.17) is 0 Å². The number of rotatable bonds is 5. The maximum absolute atomic E-state index is 12.9. The Labute approximate surface area is 180 Å². The van der Waals surface area contributed by atoms with E-state index in [-0.39, 0.29) is 21.0 Å². The van der Waals surface area contributed by atoms with E-state index in [0.717, 1.165) is 36.6 Å². The second-order valence-electron chi connectivity index (χ2n) is 7.54. The number of nitrogens with zero attached hydrogens (tertiary/aromatic N) is 1. The minimum atomic E-state index is -4.59. The molecule has 1 aliphatic heterocycles. The largest absolute Gasteiger partial charge is 0.416 e. The van der Waals surface area contributed by atoms with Gasteiger partial charge in [0.05, 0.1) is 5.56 Å². The fraction of sp³-hybridized carbons (Fsp3) is 0.350. The second kappa shape index (κ2) is 7.56. The Hall–Kier alpha value is -2.07. The van der Waals surface area contributed by atoms with Crippen molar-refractivity contribution in [3.05, 3.63) is 52.0 Å². The first-order chi connectivity index (χ1) is 14.0. The van der Waals surface area contributed by atoms with Crippen LogP contribution in [0, 0.1) is 5.92 Å². The number of benzene rings is 2. The number of sulfonamides is 1. The van der Waals surface area contributed by atoms with Crippen LogP contribution >= 0.6 is 15.9 Å². The van der Waals surface area contributed by atoms with Crippen molar-refractivity contribution in [1.82, 2.24) is 0 Å². The smallest absolute Gasteiger partial charge is 0.312 e. The van der Waals surface area contributed by atoms with E-state index in [2.05, 4.69) is 20.7 Å². The first kappa shape index (κ1) is 21.2. The van der Waals surface area contributed by atoms with Crippen LogP contribution in [0.4, 0.5) is 24.5 Å². The van der Waals surface area contributed by atoms with E-state index in [1.807, 2.05) is 0 Å². The summed E-state index contributed by atoms with van der Waals surface area (Å²) >= 11 is 3.25. The lowest BCUT2D eigenvalue weighted by atomic mass is 10.2. The Kier molecular flexibility index (Phi) is 5.34. The quantitative estimate of drug-likeness (QED) is 0.628. The molecule has 0 bridgehead atoms. The standard InChI is InChI=1S/C20H18BrF3N2O3S/c21-16-9-13-6-7-26(19(27)8-12-4-5-12)17(13)11-18(16)30(28,29)25-15-3-1-2-14(10-15)20(22,23)24/h1-3,9-12,25H,4-8H2. The van der Waals surface area contributed by atoms with Crippen molar-refractivity contribution in [2.75, 3.05) is 16.2 Å². The van der Waals surface area contributed by atoms with E-state index in [0.29, 0.717) is 31.0 Å². The molecule has 0 unspecified atom stereocenters. The fourth-order valence-electron chi connectivity index (χ4n) is 3.50. The predicted molar refractivity (Wildman–Crippen MR) is 110 cm³/mol. The van der Waals surface area contributed by atoms with Gasteiger partial charge in [-0.1, -0.05) is 6.07 Å². The van der Waals surface area contributed by atoms with Gasteiger partial charge in [0.15, 0.2) is 0 Å². The molecule has 0 radical (unpaired) electrons. The molecule has 160 valence electrons. The Balaban J connectivity index is 1.64. The third-order valence-corrected chi connectivity index (χ3v) is 7.56. The molecule has 0 saturated heterocycles. The Morgan fingerprint density at radius 3 is 2.60 bits per heavy atom. The highest BCUT2D eigenvalue weighted by Gasteiger charge is 2.33. The van der Waals surface area contributed by atoms with Crippen molar-refractivity contribution in [2.45, 2.75) is 36.8 Å². The van der Waals surface area contributed by atoms with Crippen LogP contribution in [0.5, 0.6) is 0 Å². The topological polar surface area (TPSA) is 66.5 Å². The molecular formula is C20H18BrF3N2O3S. The number of alkyl halides is 3. The zero-order chi connectivity index (χ0) is 21.7. The molecule has 2 aromatic carbocycles. The summed E-state index contributed by atoms with van der Waals surface area (Å²) < 4.78 is 67.1. The number of fused-ring (bicyclic) bond motifs is 1. The highest BCUT2D eigenvalue weighted by atomic mass is 79.9. The van der Waals surface area contributed by atoms with Crippen LogP contribution in [0.25, 0.3) is 0 Å². The minimum Gasteiger partial charge on any atom is -0.312 e. The van der Waals surface area contributed by atoms with E-state index < -0.39 is 21.8 Å². The van der Waals surface area contributed by atoms with Gasteiger partial charge in [-0.25, -0.2) is 8.42 Å². The normalized spacial score (nSPS) is 16.5. The lowest BCUT2D eigenvalue weighted by molar-refractivity contribution is -0.137. The monoisotopic (exact) mass is 502 g/mol. The van der Waals surface area contributed by atoms with Gasteiger partial charge in [-0.2, -0.15) is 13.2 Å². The van der Waals surface area contributed by atoms with Crippen LogP contribution in [-0.4, -0.2) is 20.9 Å². The SMILES string of the molecule is O=C(CC1CC1)N1CCc2cc(Br)c(S(=O)(=O)Nc3cccc(C(F)(F)F)c3)cc21. The van der Waals surface area contributed by atoms with Gasteiger partial charge in [0.2, 0.25) is 5.91 Å². The molecule has 0 aromatic heterocycles. The average molecular weight is 503 g/mol. The molecule has 0 atom stereocenters. The first-order valence-electron chi connectivity index (χ1n) is 9.37. The number of anilines is 2. The Morgan fingerprint density at radius 2 is 1.93 bits per heavy atom. The van der Waals surface area contributed by atoms with Gasteiger partial charge in [0.1, 0.15) is 4.90 Å². The Bertz CT molecular complexity index is 1110. The van der Waals surface area contributed by atoms with Gasteiger partial charge >= 0.3 is 6.18 Å². The average Bonchev–Trinajstić information content (AvgIpc) is 3.36. The van der Waals surface area contributed by atoms with Crippen LogP contribution in [0.15, 0.2) is 45.8 Å². The van der Waals surface area contributed by atoms with Crippen molar-refractivity contribution in [3.63, 3.8) is 0 Å². The number of carbonyl (C=O) groups excluding carboxylic acids is 1. The zero-order valence-corrected chi connectivity index (χ0v) is 18.1. The van der Waals surface area contributed by atoms with Crippen LogP contribution in [0.2, 0.25) is 0 Å². The van der Waals surface area contributed by atoms with E-state index in [1.54, 1.807) is 11.0 Å². The van der Waals surface area contributed by atoms with Gasteiger partial charge in [-0.15, -0.1) is 0 Å². The summed E-state index contributed by atoms with van der Waals surface area (Å²) in [5, 5.41) is 0. The third kappa shape index (κ3) is 4.34. The van der Waals surface area contributed by atoms with E-state index in [1.165, 1.54) is 12.1 Å². The van der Waals surface area contributed by atoms with Crippen molar-refractivity contribution in [3.8, 4) is 0 Å². The summed E-state index contributed by atoms with van der Waals surface area (Å²) in [6, 6.07) is 7.06. The lowest BCUT2D eigenvalue weighted by Crippen LogP contribution is -2.29. The number of halogens is 4. The molecule has 1 fully saturated rings.